The first kappa shape index (κ1) is 31.6. The Morgan fingerprint density at radius 1 is 0.818 bits per heavy atom. The Kier molecular flexibility index (Phi) is 15.4. The van der Waals surface area contributed by atoms with Crippen LogP contribution in [-0.4, -0.2) is 51.9 Å². The quantitative estimate of drug-likeness (QED) is 0.190. The molecule has 0 bridgehead atoms. The van der Waals surface area contributed by atoms with Crippen molar-refractivity contribution in [2.75, 3.05) is 14.2 Å². The van der Waals surface area contributed by atoms with Crippen LogP contribution in [0.15, 0.2) is 60.4 Å². The van der Waals surface area contributed by atoms with E-state index >= 15 is 0 Å². The Hall–Kier alpha value is -3.62. The molecule has 9 nitrogen and oxygen atoms in total. The van der Waals surface area contributed by atoms with Gasteiger partial charge in [0, 0.05) is 32.5 Å². The predicted octanol–water partition coefficient (Wildman–Crippen LogP) is 3.12. The second kappa shape index (κ2) is 16.1. The number of ketones is 1. The number of ether oxygens (including phenoxy) is 2. The first-order chi connectivity index (χ1) is 14.7. The molecule has 33 heavy (non-hydrogen) atoms. The van der Waals surface area contributed by atoms with Gasteiger partial charge in [-0.15, -0.1) is 0 Å². The minimum Gasteiger partial charge on any atom is -0.508 e. The number of carboxylic acid groups (broad SMARTS) is 1. The van der Waals surface area contributed by atoms with Crippen LogP contribution < -0.4 is 9.47 Å². The molecule has 0 fully saturated rings. The smallest absolute Gasteiger partial charge is 0.300 e. The van der Waals surface area contributed by atoms with E-state index in [1.54, 1.807) is 36.4 Å². The summed E-state index contributed by atoms with van der Waals surface area (Å²) in [6.45, 7) is 1.08. The van der Waals surface area contributed by atoms with Gasteiger partial charge < -0.3 is 35.4 Å². The monoisotopic (exact) mass is 510 g/mol. The van der Waals surface area contributed by atoms with Gasteiger partial charge in [0.1, 0.15) is 5.76 Å². The number of methoxy groups -OCH3 is 2. The number of hydrogen-bond acceptors (Lipinski definition) is 7. The number of rotatable bonds is 7. The van der Waals surface area contributed by atoms with Gasteiger partial charge in [0.25, 0.3) is 5.97 Å². The van der Waals surface area contributed by atoms with Crippen LogP contribution in [0.1, 0.15) is 18.1 Å². The molecule has 0 aliphatic carbocycles. The Labute approximate surface area is 204 Å². The van der Waals surface area contributed by atoms with Crippen LogP contribution >= 0.6 is 0 Å². The van der Waals surface area contributed by atoms with E-state index in [1.165, 1.54) is 38.5 Å². The number of allylic oxidation sites excluding steroid dienone is 3. The fourth-order valence-corrected chi connectivity index (χ4v) is 2.20. The van der Waals surface area contributed by atoms with Crippen LogP contribution in [0.25, 0.3) is 12.2 Å². The number of phenolic OH excluding ortho intramolecular Hbond substituents is 2. The third-order valence-electron chi connectivity index (χ3n) is 3.58. The van der Waals surface area contributed by atoms with Gasteiger partial charge in [0.2, 0.25) is 0 Å². The molecule has 0 unspecified atom stereocenters. The fourth-order valence-electron chi connectivity index (χ4n) is 2.20. The van der Waals surface area contributed by atoms with Gasteiger partial charge in [0.15, 0.2) is 28.8 Å². The molecule has 0 heterocycles. The van der Waals surface area contributed by atoms with Gasteiger partial charge in [-0.2, -0.15) is 0 Å². The maximum absolute atomic E-state index is 11.9. The van der Waals surface area contributed by atoms with Crippen molar-refractivity contribution in [2.45, 2.75) is 6.92 Å². The Morgan fingerprint density at radius 3 is 1.61 bits per heavy atom. The van der Waals surface area contributed by atoms with Crippen LogP contribution in [0.3, 0.4) is 0 Å². The third-order valence-corrected chi connectivity index (χ3v) is 3.58. The Balaban J connectivity index is 0. The van der Waals surface area contributed by atoms with Crippen LogP contribution in [0.5, 0.6) is 23.0 Å². The normalized spacial score (nSPS) is 10.5. The average molecular weight is 512 g/mol. The molecule has 174 valence electrons. The van der Waals surface area contributed by atoms with E-state index in [2.05, 4.69) is 0 Å². The molecule has 0 atom stereocenters. The van der Waals surface area contributed by atoms with E-state index in [4.69, 9.17) is 19.4 Å². The molecular weight excluding hydrogens is 486 g/mol. The SMILES string of the molecule is CC(=O)O.COc1cc(/C=C/C(=O)C=C(O)/C=C/c2ccc(O)c(OC)c2)ccc1O.O.[Zn]. The van der Waals surface area contributed by atoms with Gasteiger partial charge in [-0.25, -0.2) is 0 Å². The number of phenols is 2. The van der Waals surface area contributed by atoms with Gasteiger partial charge >= 0.3 is 0 Å². The summed E-state index contributed by atoms with van der Waals surface area (Å²) >= 11 is 0. The zero-order valence-corrected chi connectivity index (χ0v) is 21.4. The van der Waals surface area contributed by atoms with Crippen molar-refractivity contribution < 1.29 is 64.4 Å². The van der Waals surface area contributed by atoms with Crippen LogP contribution in [0.4, 0.5) is 0 Å². The largest absolute Gasteiger partial charge is 0.508 e. The van der Waals surface area contributed by atoms with Crippen molar-refractivity contribution in [3.63, 3.8) is 0 Å². The Morgan fingerprint density at radius 2 is 1.21 bits per heavy atom. The average Bonchev–Trinajstić information content (AvgIpc) is 2.72. The summed E-state index contributed by atoms with van der Waals surface area (Å²) in [7, 11) is 2.87. The second-order valence-electron chi connectivity index (χ2n) is 6.02. The van der Waals surface area contributed by atoms with Gasteiger partial charge in [0.05, 0.1) is 14.2 Å². The van der Waals surface area contributed by atoms with E-state index in [9.17, 15) is 20.1 Å². The summed E-state index contributed by atoms with van der Waals surface area (Å²) < 4.78 is 10.0. The van der Waals surface area contributed by atoms with Crippen molar-refractivity contribution in [3.8, 4) is 23.0 Å². The number of hydrogen-bond donors (Lipinski definition) is 4. The molecule has 6 N–H and O–H groups in total. The van der Waals surface area contributed by atoms with E-state index < -0.39 is 11.8 Å². The maximum Gasteiger partial charge on any atom is 0.300 e. The molecule has 0 aliphatic heterocycles. The Bertz CT molecular complexity index is 1010. The summed E-state index contributed by atoms with van der Waals surface area (Å²) in [5, 5.41) is 36.4. The number of aliphatic hydroxyl groups excluding tert-OH is 1. The number of carbonyl (C=O) groups is 2. The zero-order valence-electron chi connectivity index (χ0n) is 18.5. The fraction of sp³-hybridized carbons (Fsp3) is 0.130. The molecule has 0 amide bonds. The third kappa shape index (κ3) is 12.1. The molecule has 0 aromatic heterocycles. The number of carboxylic acids is 1. The molecule has 2 aromatic rings. The molecule has 0 saturated heterocycles. The van der Waals surface area contributed by atoms with Crippen LogP contribution in [0.2, 0.25) is 0 Å². The topological polar surface area (TPSA) is 165 Å². The van der Waals surface area contributed by atoms with Crippen molar-refractivity contribution in [1.29, 1.82) is 0 Å². The standard InChI is InChI=1S/C21H20O6.C2H4O2.H2O.Zn/c1-26-20-11-14(5-9-18(20)24)3-7-16(22)13-17(23)8-4-15-6-10-19(25)21(12-15)27-2;1-2(3)4;;/h3-13,22,24-25H,1-2H3;1H3,(H,3,4);1H2;/b7-3+,8-4+,16-13?;;;. The summed E-state index contributed by atoms with van der Waals surface area (Å²) in [6.07, 6.45) is 6.85. The van der Waals surface area contributed by atoms with Crippen molar-refractivity contribution >= 4 is 23.9 Å². The molecule has 2 aromatic carbocycles. The van der Waals surface area contributed by atoms with Gasteiger partial charge in [-0.05, 0) is 47.5 Å². The van der Waals surface area contributed by atoms with E-state index in [0.29, 0.717) is 22.6 Å². The number of benzene rings is 2. The maximum atomic E-state index is 11.9. The summed E-state index contributed by atoms with van der Waals surface area (Å²) in [5.41, 5.74) is 1.35. The van der Waals surface area contributed by atoms with Crippen molar-refractivity contribution in [3.05, 3.63) is 71.5 Å². The molecule has 0 radical (unpaired) electrons. The first-order valence-corrected chi connectivity index (χ1v) is 8.90. The van der Waals surface area contributed by atoms with E-state index in [-0.39, 0.29) is 42.2 Å². The zero-order chi connectivity index (χ0) is 23.4. The minimum atomic E-state index is -0.833. The van der Waals surface area contributed by atoms with E-state index in [0.717, 1.165) is 13.0 Å². The minimum absolute atomic E-state index is 0. The summed E-state index contributed by atoms with van der Waals surface area (Å²) in [6, 6.07) is 9.38. The molecule has 10 heteroatoms. The van der Waals surface area contributed by atoms with Gasteiger partial charge in [-0.3, -0.25) is 9.59 Å². The first-order valence-electron chi connectivity index (χ1n) is 8.90. The van der Waals surface area contributed by atoms with E-state index in [1.807, 2.05) is 0 Å². The van der Waals surface area contributed by atoms with Crippen molar-refractivity contribution in [1.82, 2.24) is 0 Å². The molecule has 2 rings (SSSR count). The molecule has 0 saturated carbocycles. The number of carbonyl (C=O) groups excluding carboxylic acids is 1. The second-order valence-corrected chi connectivity index (χ2v) is 6.02. The molecular formula is C23H26O9Zn. The van der Waals surface area contributed by atoms with Crippen molar-refractivity contribution in [2.24, 2.45) is 0 Å². The summed E-state index contributed by atoms with van der Waals surface area (Å²) in [4.78, 5) is 20.9. The van der Waals surface area contributed by atoms with Gasteiger partial charge in [-0.1, -0.05) is 24.3 Å². The van der Waals surface area contributed by atoms with Crippen LogP contribution in [-0.2, 0) is 29.1 Å². The number of aliphatic hydroxyl groups is 1. The molecule has 0 aliphatic rings. The molecule has 0 spiro atoms. The number of aliphatic carboxylic acids is 1. The predicted molar refractivity (Wildman–Crippen MR) is 120 cm³/mol. The summed E-state index contributed by atoms with van der Waals surface area (Å²) in [5.74, 6) is -0.832. The number of aromatic hydroxyl groups is 2. The van der Waals surface area contributed by atoms with Crippen LogP contribution in [0, 0.1) is 0 Å².